The first-order valence-corrected chi connectivity index (χ1v) is 5.66. The highest BCUT2D eigenvalue weighted by atomic mass is 35.5. The van der Waals surface area contributed by atoms with E-state index in [0.29, 0.717) is 24.1 Å². The van der Waals surface area contributed by atoms with Crippen molar-refractivity contribution in [3.8, 4) is 0 Å². The number of aromatic nitrogens is 1. The zero-order chi connectivity index (χ0) is 11.8. The summed E-state index contributed by atoms with van der Waals surface area (Å²) in [5.41, 5.74) is 6.48. The number of nitrogens with two attached hydrogens (primary N) is 1. The molecule has 2 heterocycles. The number of nitrogens with zero attached hydrogens (tertiary/aromatic N) is 2. The third-order valence-corrected chi connectivity index (χ3v) is 2.98. The largest absolute Gasteiger partial charge is 0.396 e. The number of anilines is 2. The summed E-state index contributed by atoms with van der Waals surface area (Å²) >= 11 is 5.90. The predicted molar refractivity (Wildman–Crippen MR) is 65.9 cm³/mol. The molecule has 4 nitrogen and oxygen atoms in total. The van der Waals surface area contributed by atoms with E-state index in [2.05, 4.69) is 23.7 Å². The molecule has 0 radical (unpaired) electrons. The van der Waals surface area contributed by atoms with E-state index in [-0.39, 0.29) is 5.54 Å². The van der Waals surface area contributed by atoms with Crippen molar-refractivity contribution < 1.29 is 4.74 Å². The van der Waals surface area contributed by atoms with Gasteiger partial charge in [-0.15, -0.1) is 0 Å². The van der Waals surface area contributed by atoms with Crippen molar-refractivity contribution in [2.24, 2.45) is 0 Å². The fourth-order valence-corrected chi connectivity index (χ4v) is 2.05. The van der Waals surface area contributed by atoms with E-state index in [1.807, 2.05) is 0 Å². The molecule has 1 aliphatic rings. The van der Waals surface area contributed by atoms with Gasteiger partial charge in [-0.1, -0.05) is 11.6 Å². The standard InChI is InChI=1S/C11H16ClN3O/c1-11(2)7-16-6-5-15(11)10-8(13)3-4-9(12)14-10/h3-4H,5-7,13H2,1-2H3. The molecule has 88 valence electrons. The van der Waals surface area contributed by atoms with Gasteiger partial charge in [0.15, 0.2) is 5.82 Å². The molecule has 0 spiro atoms. The molecule has 1 saturated heterocycles. The fourth-order valence-electron chi connectivity index (χ4n) is 1.90. The third-order valence-electron chi connectivity index (χ3n) is 2.77. The average molecular weight is 242 g/mol. The van der Waals surface area contributed by atoms with E-state index in [9.17, 15) is 0 Å². The molecular weight excluding hydrogens is 226 g/mol. The van der Waals surface area contributed by atoms with Gasteiger partial charge >= 0.3 is 0 Å². The summed E-state index contributed by atoms with van der Waals surface area (Å²) in [5.74, 6) is 0.751. The molecule has 0 aliphatic carbocycles. The Balaban J connectivity index is 2.38. The monoisotopic (exact) mass is 241 g/mol. The second-order valence-corrected chi connectivity index (χ2v) is 4.95. The fraction of sp³-hybridized carbons (Fsp3) is 0.545. The second-order valence-electron chi connectivity index (χ2n) is 4.56. The van der Waals surface area contributed by atoms with Crippen LogP contribution < -0.4 is 10.6 Å². The van der Waals surface area contributed by atoms with Crippen LogP contribution in [0.15, 0.2) is 12.1 Å². The predicted octanol–water partition coefficient (Wildman–Crippen LogP) is 1.93. The van der Waals surface area contributed by atoms with E-state index < -0.39 is 0 Å². The minimum Gasteiger partial charge on any atom is -0.396 e. The van der Waals surface area contributed by atoms with E-state index in [1.54, 1.807) is 12.1 Å². The number of halogens is 1. The Morgan fingerprint density at radius 3 is 2.94 bits per heavy atom. The lowest BCUT2D eigenvalue weighted by atomic mass is 10.0. The minimum atomic E-state index is -0.107. The molecule has 0 aromatic carbocycles. The number of hydrogen-bond acceptors (Lipinski definition) is 4. The van der Waals surface area contributed by atoms with Crippen LogP contribution in [0, 0.1) is 0 Å². The van der Waals surface area contributed by atoms with Crippen molar-refractivity contribution in [2.45, 2.75) is 19.4 Å². The summed E-state index contributed by atoms with van der Waals surface area (Å²) in [7, 11) is 0. The smallest absolute Gasteiger partial charge is 0.154 e. The van der Waals surface area contributed by atoms with E-state index in [0.717, 1.165) is 12.4 Å². The lowest BCUT2D eigenvalue weighted by molar-refractivity contribution is 0.0640. The van der Waals surface area contributed by atoms with Gasteiger partial charge in [0.2, 0.25) is 0 Å². The highest BCUT2D eigenvalue weighted by Gasteiger charge is 2.32. The van der Waals surface area contributed by atoms with Gasteiger partial charge in [0, 0.05) is 6.54 Å². The zero-order valence-electron chi connectivity index (χ0n) is 9.53. The van der Waals surface area contributed by atoms with Gasteiger partial charge in [-0.3, -0.25) is 0 Å². The normalized spacial score (nSPS) is 19.8. The Morgan fingerprint density at radius 2 is 2.25 bits per heavy atom. The summed E-state index contributed by atoms with van der Waals surface area (Å²) in [6, 6.07) is 3.49. The van der Waals surface area contributed by atoms with Crippen LogP contribution in [0.3, 0.4) is 0 Å². The van der Waals surface area contributed by atoms with E-state index in [1.165, 1.54) is 0 Å². The molecular formula is C11H16ClN3O. The number of nitrogen functional groups attached to an aromatic ring is 1. The van der Waals surface area contributed by atoms with Crippen LogP contribution >= 0.6 is 11.6 Å². The summed E-state index contributed by atoms with van der Waals surface area (Å²) in [6.07, 6.45) is 0. The van der Waals surface area contributed by atoms with Crippen LogP contribution in [0.1, 0.15) is 13.8 Å². The van der Waals surface area contributed by atoms with Crippen LogP contribution in [0.25, 0.3) is 0 Å². The van der Waals surface area contributed by atoms with Gasteiger partial charge in [-0.2, -0.15) is 0 Å². The van der Waals surface area contributed by atoms with Crippen molar-refractivity contribution in [2.75, 3.05) is 30.4 Å². The van der Waals surface area contributed by atoms with Gasteiger partial charge in [0.1, 0.15) is 5.15 Å². The maximum Gasteiger partial charge on any atom is 0.154 e. The Morgan fingerprint density at radius 1 is 1.50 bits per heavy atom. The van der Waals surface area contributed by atoms with Crippen LogP contribution in [0.2, 0.25) is 5.15 Å². The lowest BCUT2D eigenvalue weighted by Gasteiger charge is -2.43. The number of pyridine rings is 1. The van der Waals surface area contributed by atoms with Gasteiger partial charge in [-0.25, -0.2) is 4.98 Å². The molecule has 2 rings (SSSR count). The van der Waals surface area contributed by atoms with Crippen molar-refractivity contribution in [3.05, 3.63) is 17.3 Å². The first-order chi connectivity index (χ1) is 7.50. The first-order valence-electron chi connectivity index (χ1n) is 5.28. The highest BCUT2D eigenvalue weighted by molar-refractivity contribution is 6.29. The first kappa shape index (κ1) is 11.5. The van der Waals surface area contributed by atoms with Crippen LogP contribution in [0.4, 0.5) is 11.5 Å². The Hall–Kier alpha value is -1.00. The maximum atomic E-state index is 5.94. The number of rotatable bonds is 1. The molecule has 5 heteroatoms. The molecule has 2 N–H and O–H groups in total. The second kappa shape index (κ2) is 4.11. The molecule has 16 heavy (non-hydrogen) atoms. The summed E-state index contributed by atoms with van der Waals surface area (Å²) in [6.45, 7) is 6.35. The molecule has 0 amide bonds. The molecule has 1 aromatic rings. The summed E-state index contributed by atoms with van der Waals surface area (Å²) < 4.78 is 5.46. The molecule has 0 bridgehead atoms. The molecule has 0 atom stereocenters. The SMILES string of the molecule is CC1(C)COCCN1c1nc(Cl)ccc1N. The van der Waals surface area contributed by atoms with E-state index >= 15 is 0 Å². The van der Waals surface area contributed by atoms with Gasteiger partial charge in [-0.05, 0) is 26.0 Å². The summed E-state index contributed by atoms with van der Waals surface area (Å²) in [4.78, 5) is 6.45. The maximum absolute atomic E-state index is 5.94. The molecule has 1 aliphatic heterocycles. The highest BCUT2D eigenvalue weighted by Crippen LogP contribution is 2.30. The van der Waals surface area contributed by atoms with E-state index in [4.69, 9.17) is 22.1 Å². The van der Waals surface area contributed by atoms with Crippen molar-refractivity contribution in [3.63, 3.8) is 0 Å². The number of hydrogen-bond donors (Lipinski definition) is 1. The topological polar surface area (TPSA) is 51.4 Å². The third kappa shape index (κ3) is 2.08. The van der Waals surface area contributed by atoms with Gasteiger partial charge in [0.05, 0.1) is 24.4 Å². The Bertz CT molecular complexity index is 395. The summed E-state index contributed by atoms with van der Waals surface area (Å²) in [5, 5.41) is 0.464. The van der Waals surface area contributed by atoms with Crippen molar-refractivity contribution in [1.29, 1.82) is 0 Å². The van der Waals surface area contributed by atoms with Crippen molar-refractivity contribution in [1.82, 2.24) is 4.98 Å². The lowest BCUT2D eigenvalue weighted by Crippen LogP contribution is -2.53. The van der Waals surface area contributed by atoms with Crippen LogP contribution in [-0.2, 0) is 4.74 Å². The number of morpholine rings is 1. The Labute approximate surface area is 100 Å². The molecule has 0 unspecified atom stereocenters. The van der Waals surface area contributed by atoms with Crippen molar-refractivity contribution >= 4 is 23.1 Å². The number of ether oxygens (including phenoxy) is 1. The quantitative estimate of drug-likeness (QED) is 0.764. The minimum absolute atomic E-state index is 0.107. The average Bonchev–Trinajstić information content (AvgIpc) is 2.22. The zero-order valence-corrected chi connectivity index (χ0v) is 10.3. The van der Waals surface area contributed by atoms with Gasteiger partial charge in [0.25, 0.3) is 0 Å². The Kier molecular flexibility index (Phi) is 2.95. The molecule has 1 aromatic heterocycles. The van der Waals surface area contributed by atoms with Crippen LogP contribution in [-0.4, -0.2) is 30.3 Å². The molecule has 1 fully saturated rings. The van der Waals surface area contributed by atoms with Gasteiger partial charge < -0.3 is 15.4 Å². The van der Waals surface area contributed by atoms with Crippen LogP contribution in [0.5, 0.6) is 0 Å². The molecule has 0 saturated carbocycles.